The summed E-state index contributed by atoms with van der Waals surface area (Å²) in [5.74, 6) is 0.401. The summed E-state index contributed by atoms with van der Waals surface area (Å²) in [6.07, 6.45) is 9.64. The van der Waals surface area contributed by atoms with Crippen LogP contribution in [-0.4, -0.2) is 60.9 Å². The van der Waals surface area contributed by atoms with E-state index in [-0.39, 0.29) is 29.7 Å². The standard InChI is InChI=1S/C32H40Cl2N6O2/c1-21-9-11-23(12-10-21)26(22-6-3-2-4-7-22)20-40-17-15-25(39-29(31(40)42)8-5-16-37-32(35)36)19-38-30(41)24-13-14-27(33)28(34)18-24/h2-4,6-7,9,11-14,18,21,25-26,29,39H,5,8,10,15-17,19-20H2,1H3,(H,38,41)(H4,35,36,37)/t21?,25-,26?,29-/m0/s1. The number of rotatable bonds is 11. The summed E-state index contributed by atoms with van der Waals surface area (Å²) in [7, 11) is 0. The Hall–Kier alpha value is -3.33. The minimum absolute atomic E-state index is 0.0357. The highest BCUT2D eigenvalue weighted by molar-refractivity contribution is 6.42. The molecule has 2 unspecified atom stereocenters. The third-order valence-electron chi connectivity index (χ3n) is 7.78. The van der Waals surface area contributed by atoms with Gasteiger partial charge in [-0.2, -0.15) is 0 Å². The molecule has 1 fully saturated rings. The first-order chi connectivity index (χ1) is 20.2. The highest BCUT2D eigenvalue weighted by atomic mass is 35.5. The quantitative estimate of drug-likeness (QED) is 0.167. The van der Waals surface area contributed by atoms with E-state index >= 15 is 0 Å². The fourth-order valence-electron chi connectivity index (χ4n) is 5.40. The Bertz CT molecular complexity index is 1330. The largest absolute Gasteiger partial charge is 0.370 e. The molecule has 2 aromatic carbocycles. The van der Waals surface area contributed by atoms with Crippen molar-refractivity contribution in [1.82, 2.24) is 15.5 Å². The van der Waals surface area contributed by atoms with Gasteiger partial charge < -0.3 is 27.0 Å². The molecule has 8 nitrogen and oxygen atoms in total. The Balaban J connectivity index is 1.50. The highest BCUT2D eigenvalue weighted by Gasteiger charge is 2.33. The van der Waals surface area contributed by atoms with Crippen LogP contribution in [0.1, 0.15) is 54.4 Å². The van der Waals surface area contributed by atoms with Gasteiger partial charge in [0.2, 0.25) is 5.91 Å². The number of nitrogens with one attached hydrogen (secondary N) is 2. The van der Waals surface area contributed by atoms with Gasteiger partial charge >= 0.3 is 0 Å². The molecule has 2 amide bonds. The van der Waals surface area contributed by atoms with Crippen LogP contribution in [0.25, 0.3) is 0 Å². The molecule has 42 heavy (non-hydrogen) atoms. The molecule has 1 saturated heterocycles. The first kappa shape index (κ1) is 31.6. The van der Waals surface area contributed by atoms with Crippen molar-refractivity contribution in [3.05, 3.63) is 93.5 Å². The van der Waals surface area contributed by atoms with Gasteiger partial charge in [0.1, 0.15) is 0 Å². The van der Waals surface area contributed by atoms with Crippen molar-refractivity contribution in [1.29, 1.82) is 0 Å². The molecule has 1 aliphatic carbocycles. The van der Waals surface area contributed by atoms with E-state index in [1.54, 1.807) is 18.2 Å². The topological polar surface area (TPSA) is 126 Å². The average Bonchev–Trinajstić information content (AvgIpc) is 3.13. The lowest BCUT2D eigenvalue weighted by atomic mass is 9.85. The predicted molar refractivity (Wildman–Crippen MR) is 171 cm³/mol. The number of carbonyl (C=O) groups excluding carboxylic acids is 2. The number of nitrogens with two attached hydrogens (primary N) is 2. The van der Waals surface area contributed by atoms with Crippen LogP contribution in [-0.2, 0) is 4.79 Å². The normalized spacial score (nSPS) is 21.3. The number of hydrogen-bond acceptors (Lipinski definition) is 4. The lowest BCUT2D eigenvalue weighted by Crippen LogP contribution is -2.49. The average molecular weight is 612 g/mol. The van der Waals surface area contributed by atoms with Crippen molar-refractivity contribution in [2.45, 2.75) is 50.6 Å². The van der Waals surface area contributed by atoms with Gasteiger partial charge in [-0.3, -0.25) is 14.6 Å². The summed E-state index contributed by atoms with van der Waals surface area (Å²) in [5, 5.41) is 7.22. The third-order valence-corrected chi connectivity index (χ3v) is 8.52. The molecule has 0 saturated carbocycles. The van der Waals surface area contributed by atoms with E-state index < -0.39 is 6.04 Å². The van der Waals surface area contributed by atoms with Crippen LogP contribution >= 0.6 is 23.2 Å². The van der Waals surface area contributed by atoms with E-state index in [0.29, 0.717) is 67.0 Å². The molecule has 1 aliphatic heterocycles. The zero-order valence-corrected chi connectivity index (χ0v) is 25.5. The second-order valence-corrected chi connectivity index (χ2v) is 11.8. The molecule has 4 rings (SSSR count). The molecular weight excluding hydrogens is 571 g/mol. The Labute approximate surface area is 258 Å². The maximum Gasteiger partial charge on any atom is 0.251 e. The zero-order chi connectivity index (χ0) is 30.1. The summed E-state index contributed by atoms with van der Waals surface area (Å²) >= 11 is 12.1. The fourth-order valence-corrected chi connectivity index (χ4v) is 5.70. The lowest BCUT2D eigenvalue weighted by molar-refractivity contribution is -0.133. The van der Waals surface area contributed by atoms with Gasteiger partial charge in [0, 0.05) is 43.7 Å². The van der Waals surface area contributed by atoms with Crippen molar-refractivity contribution in [3.8, 4) is 0 Å². The molecular formula is C32H40Cl2N6O2. The van der Waals surface area contributed by atoms with Gasteiger partial charge in [-0.15, -0.1) is 0 Å². The smallest absolute Gasteiger partial charge is 0.251 e. The number of aliphatic imine (C=N–C) groups is 1. The van der Waals surface area contributed by atoms with E-state index in [9.17, 15) is 9.59 Å². The molecule has 2 aliphatic rings. The number of amides is 2. The number of benzene rings is 2. The predicted octanol–water partition coefficient (Wildman–Crippen LogP) is 4.64. The van der Waals surface area contributed by atoms with Gasteiger partial charge in [-0.25, -0.2) is 0 Å². The molecule has 2 aromatic rings. The number of hydrogen-bond donors (Lipinski definition) is 4. The van der Waals surface area contributed by atoms with Crippen LogP contribution in [0.2, 0.25) is 10.0 Å². The van der Waals surface area contributed by atoms with Gasteiger partial charge in [0.25, 0.3) is 5.91 Å². The summed E-state index contributed by atoms with van der Waals surface area (Å²) in [5.41, 5.74) is 13.9. The maximum absolute atomic E-state index is 14.0. The molecule has 1 heterocycles. The van der Waals surface area contributed by atoms with Crippen LogP contribution in [0.5, 0.6) is 0 Å². The highest BCUT2D eigenvalue weighted by Crippen LogP contribution is 2.31. The number of allylic oxidation sites excluding steroid dienone is 3. The van der Waals surface area contributed by atoms with Gasteiger partial charge in [-0.1, -0.05) is 78.7 Å². The third kappa shape index (κ3) is 8.84. The first-order valence-corrected chi connectivity index (χ1v) is 15.2. The minimum Gasteiger partial charge on any atom is -0.370 e. The number of carbonyl (C=O) groups is 2. The fraction of sp³-hybridized carbons (Fsp3) is 0.406. The minimum atomic E-state index is -0.430. The second kappa shape index (κ2) is 15.2. The maximum atomic E-state index is 14.0. The van der Waals surface area contributed by atoms with Crippen LogP contribution in [0.4, 0.5) is 0 Å². The number of guanidine groups is 1. The van der Waals surface area contributed by atoms with E-state index in [0.717, 1.165) is 6.42 Å². The van der Waals surface area contributed by atoms with Crippen LogP contribution < -0.4 is 22.1 Å². The molecule has 4 atom stereocenters. The van der Waals surface area contributed by atoms with Gasteiger partial charge in [0.15, 0.2) is 5.96 Å². The lowest BCUT2D eigenvalue weighted by Gasteiger charge is -2.30. The monoisotopic (exact) mass is 610 g/mol. The van der Waals surface area contributed by atoms with Crippen molar-refractivity contribution in [3.63, 3.8) is 0 Å². The van der Waals surface area contributed by atoms with E-state index in [2.05, 4.69) is 52.9 Å². The Morgan fingerprint density at radius 1 is 1.17 bits per heavy atom. The summed E-state index contributed by atoms with van der Waals surface area (Å²) < 4.78 is 0. The molecule has 0 aromatic heterocycles. The molecule has 0 spiro atoms. The number of halogens is 2. The summed E-state index contributed by atoms with van der Waals surface area (Å²) in [6.45, 7) is 4.15. The van der Waals surface area contributed by atoms with Crippen molar-refractivity contribution >= 4 is 41.0 Å². The van der Waals surface area contributed by atoms with Crippen LogP contribution in [0, 0.1) is 5.92 Å². The van der Waals surface area contributed by atoms with Crippen molar-refractivity contribution < 1.29 is 9.59 Å². The summed E-state index contributed by atoms with van der Waals surface area (Å²) in [6, 6.07) is 14.6. The van der Waals surface area contributed by atoms with Crippen LogP contribution in [0.3, 0.4) is 0 Å². The molecule has 224 valence electrons. The number of nitrogens with zero attached hydrogens (tertiary/aromatic N) is 2. The van der Waals surface area contributed by atoms with E-state index in [1.807, 2.05) is 23.1 Å². The van der Waals surface area contributed by atoms with Gasteiger partial charge in [0.05, 0.1) is 16.1 Å². The Kier molecular flexibility index (Phi) is 11.5. The molecule has 6 N–H and O–H groups in total. The first-order valence-electron chi connectivity index (χ1n) is 14.5. The SMILES string of the molecule is CC1C=CC(C(CN2CC[C@@H](CNC(=O)c3ccc(Cl)c(Cl)c3)N[C@@H](CCCN=C(N)N)C2=O)c2ccccc2)=CC1. The van der Waals surface area contributed by atoms with E-state index in [4.69, 9.17) is 34.7 Å². The zero-order valence-electron chi connectivity index (χ0n) is 23.9. The van der Waals surface area contributed by atoms with Crippen LogP contribution in [0.15, 0.2) is 77.3 Å². The second-order valence-electron chi connectivity index (χ2n) is 11.0. The molecule has 0 radical (unpaired) electrons. The van der Waals surface area contributed by atoms with Crippen molar-refractivity contribution in [2.75, 3.05) is 26.2 Å². The Morgan fingerprint density at radius 3 is 2.64 bits per heavy atom. The molecule has 10 heteroatoms. The van der Waals surface area contributed by atoms with Crippen molar-refractivity contribution in [2.24, 2.45) is 22.4 Å². The summed E-state index contributed by atoms with van der Waals surface area (Å²) in [4.78, 5) is 32.9. The molecule has 0 bridgehead atoms. The van der Waals surface area contributed by atoms with Gasteiger partial charge in [-0.05, 0) is 60.9 Å². The Morgan fingerprint density at radius 2 is 1.95 bits per heavy atom. The van der Waals surface area contributed by atoms with E-state index in [1.165, 1.54) is 11.1 Å².